The molecular weight excluding hydrogens is 306 g/mol. The molecule has 0 bridgehead atoms. The third kappa shape index (κ3) is 4.81. The van der Waals surface area contributed by atoms with Crippen LogP contribution in [0, 0.1) is 18.8 Å². The Morgan fingerprint density at radius 2 is 1.96 bits per heavy atom. The van der Waals surface area contributed by atoms with Gasteiger partial charge in [-0.3, -0.25) is 14.5 Å². The molecule has 0 amide bonds. The molecule has 5 nitrogen and oxygen atoms in total. The second-order valence-corrected chi connectivity index (χ2v) is 6.80. The van der Waals surface area contributed by atoms with Gasteiger partial charge < -0.3 is 9.84 Å². The summed E-state index contributed by atoms with van der Waals surface area (Å²) in [5, 5.41) is 9.00. The summed E-state index contributed by atoms with van der Waals surface area (Å²) in [4.78, 5) is 25.3. The molecule has 0 saturated carbocycles. The summed E-state index contributed by atoms with van der Waals surface area (Å²) < 4.78 is 5.79. The number of carbonyl (C=O) groups is 2. The van der Waals surface area contributed by atoms with Gasteiger partial charge in [-0.1, -0.05) is 13.8 Å². The van der Waals surface area contributed by atoms with Crippen LogP contribution in [-0.2, 0) is 4.79 Å². The van der Waals surface area contributed by atoms with Crippen LogP contribution in [-0.4, -0.2) is 48.0 Å². The van der Waals surface area contributed by atoms with Gasteiger partial charge in [0.15, 0.2) is 5.78 Å². The predicted molar refractivity (Wildman–Crippen MR) is 92.6 cm³/mol. The van der Waals surface area contributed by atoms with Crippen LogP contribution >= 0.6 is 0 Å². The van der Waals surface area contributed by atoms with Crippen LogP contribution in [0.4, 0.5) is 0 Å². The van der Waals surface area contributed by atoms with E-state index >= 15 is 0 Å². The average molecular weight is 333 g/mol. The molecule has 1 heterocycles. The Morgan fingerprint density at radius 1 is 1.29 bits per heavy atom. The number of aryl methyl sites for hydroxylation is 1. The molecule has 24 heavy (non-hydrogen) atoms. The van der Waals surface area contributed by atoms with Crippen molar-refractivity contribution in [3.8, 4) is 5.75 Å². The van der Waals surface area contributed by atoms with Gasteiger partial charge in [0.25, 0.3) is 0 Å². The van der Waals surface area contributed by atoms with Gasteiger partial charge in [0.1, 0.15) is 12.4 Å². The number of carboxylic acid groups (broad SMARTS) is 1. The van der Waals surface area contributed by atoms with Gasteiger partial charge in [-0.25, -0.2) is 0 Å². The molecule has 0 aliphatic carbocycles. The minimum absolute atomic E-state index is 0.0100. The van der Waals surface area contributed by atoms with Gasteiger partial charge in [-0.05, 0) is 56.6 Å². The largest absolute Gasteiger partial charge is 0.492 e. The third-order valence-corrected chi connectivity index (χ3v) is 4.60. The van der Waals surface area contributed by atoms with E-state index in [9.17, 15) is 9.59 Å². The van der Waals surface area contributed by atoms with Crippen LogP contribution in [0.15, 0.2) is 18.2 Å². The number of likely N-dealkylation sites (tertiary alicyclic amines) is 1. The smallest absolute Gasteiger partial charge is 0.306 e. The lowest BCUT2D eigenvalue weighted by molar-refractivity contribution is -0.143. The monoisotopic (exact) mass is 333 g/mol. The summed E-state index contributed by atoms with van der Waals surface area (Å²) in [7, 11) is 0. The van der Waals surface area contributed by atoms with Crippen LogP contribution in [0.2, 0.25) is 0 Å². The van der Waals surface area contributed by atoms with E-state index in [0.717, 1.165) is 36.5 Å². The molecule has 1 aromatic rings. The number of aliphatic carboxylic acids is 1. The lowest BCUT2D eigenvalue weighted by Crippen LogP contribution is -2.38. The number of Topliss-reactive ketones (excluding diaryl/α,β-unsaturated/α-hetero) is 1. The maximum atomic E-state index is 12.1. The number of nitrogens with zero attached hydrogens (tertiary/aromatic N) is 1. The highest BCUT2D eigenvalue weighted by Crippen LogP contribution is 2.21. The molecule has 1 aliphatic heterocycles. The fourth-order valence-electron chi connectivity index (χ4n) is 3.01. The summed E-state index contributed by atoms with van der Waals surface area (Å²) in [6, 6.07) is 5.59. The first-order valence-corrected chi connectivity index (χ1v) is 8.61. The van der Waals surface area contributed by atoms with E-state index in [1.165, 1.54) is 0 Å². The van der Waals surface area contributed by atoms with Gasteiger partial charge in [-0.2, -0.15) is 0 Å². The number of hydrogen-bond acceptors (Lipinski definition) is 4. The number of ketones is 1. The Balaban J connectivity index is 1.80. The maximum Gasteiger partial charge on any atom is 0.306 e. The van der Waals surface area contributed by atoms with E-state index in [1.807, 2.05) is 39.0 Å². The van der Waals surface area contributed by atoms with Crippen LogP contribution in [0.25, 0.3) is 0 Å². The molecule has 1 aromatic carbocycles. The average Bonchev–Trinajstić information content (AvgIpc) is 2.55. The molecule has 132 valence electrons. The zero-order chi connectivity index (χ0) is 17.7. The lowest BCUT2D eigenvalue weighted by atomic mass is 9.97. The van der Waals surface area contributed by atoms with Crippen LogP contribution < -0.4 is 4.74 Å². The summed E-state index contributed by atoms with van der Waals surface area (Å²) >= 11 is 0. The van der Waals surface area contributed by atoms with Crippen molar-refractivity contribution >= 4 is 11.8 Å². The first-order valence-electron chi connectivity index (χ1n) is 8.61. The van der Waals surface area contributed by atoms with Crippen LogP contribution in [0.1, 0.15) is 42.6 Å². The maximum absolute atomic E-state index is 12.1. The van der Waals surface area contributed by atoms with Crippen molar-refractivity contribution < 1.29 is 19.4 Å². The van der Waals surface area contributed by atoms with Crippen molar-refractivity contribution in [2.45, 2.75) is 33.6 Å². The molecule has 5 heteroatoms. The zero-order valence-electron chi connectivity index (χ0n) is 14.7. The van der Waals surface area contributed by atoms with Crippen molar-refractivity contribution in [2.75, 3.05) is 26.2 Å². The number of benzene rings is 1. The van der Waals surface area contributed by atoms with E-state index < -0.39 is 5.97 Å². The minimum Gasteiger partial charge on any atom is -0.492 e. The van der Waals surface area contributed by atoms with E-state index in [4.69, 9.17) is 9.84 Å². The fraction of sp³-hybridized carbons (Fsp3) is 0.579. The standard InChI is InChI=1S/C19H27NO4/c1-13(2)18(21)17-5-4-16(12-14(17)3)24-11-10-20-8-6-15(7-9-20)19(22)23/h4-5,12-13,15H,6-11H2,1-3H3,(H,22,23). The second-order valence-electron chi connectivity index (χ2n) is 6.80. The van der Waals surface area contributed by atoms with E-state index in [2.05, 4.69) is 4.90 Å². The van der Waals surface area contributed by atoms with Crippen molar-refractivity contribution in [3.05, 3.63) is 29.3 Å². The highest BCUT2D eigenvalue weighted by atomic mass is 16.5. The Labute approximate surface area is 143 Å². The van der Waals surface area contributed by atoms with Crippen molar-refractivity contribution in [3.63, 3.8) is 0 Å². The molecule has 1 N–H and O–H groups in total. The van der Waals surface area contributed by atoms with E-state index in [0.29, 0.717) is 19.4 Å². The predicted octanol–water partition coefficient (Wildman–Crippen LogP) is 3.01. The first kappa shape index (κ1) is 18.5. The van der Waals surface area contributed by atoms with Gasteiger partial charge in [0.2, 0.25) is 0 Å². The molecule has 0 aromatic heterocycles. The number of hydrogen-bond donors (Lipinski definition) is 1. The summed E-state index contributed by atoms with van der Waals surface area (Å²) in [6.45, 7) is 8.70. The van der Waals surface area contributed by atoms with E-state index in [-0.39, 0.29) is 17.6 Å². The summed E-state index contributed by atoms with van der Waals surface area (Å²) in [6.07, 6.45) is 1.42. The number of ether oxygens (including phenoxy) is 1. The quantitative estimate of drug-likeness (QED) is 0.777. The number of piperidine rings is 1. The zero-order valence-corrected chi connectivity index (χ0v) is 14.7. The van der Waals surface area contributed by atoms with Crippen LogP contribution in [0.3, 0.4) is 0 Å². The van der Waals surface area contributed by atoms with Gasteiger partial charge in [0.05, 0.1) is 5.92 Å². The lowest BCUT2D eigenvalue weighted by Gasteiger charge is -2.29. The van der Waals surface area contributed by atoms with Crippen molar-refractivity contribution in [2.24, 2.45) is 11.8 Å². The number of carbonyl (C=O) groups excluding carboxylic acids is 1. The van der Waals surface area contributed by atoms with Gasteiger partial charge in [-0.15, -0.1) is 0 Å². The molecule has 0 radical (unpaired) electrons. The molecule has 2 rings (SSSR count). The summed E-state index contributed by atoms with van der Waals surface area (Å²) in [5.74, 6) is 0.0334. The Kier molecular flexibility index (Phi) is 6.37. The normalized spacial score (nSPS) is 16.3. The van der Waals surface area contributed by atoms with Gasteiger partial charge in [0, 0.05) is 18.0 Å². The molecule has 0 spiro atoms. The van der Waals surface area contributed by atoms with E-state index in [1.54, 1.807) is 0 Å². The highest BCUT2D eigenvalue weighted by Gasteiger charge is 2.24. The Hall–Kier alpha value is -1.88. The highest BCUT2D eigenvalue weighted by molar-refractivity contribution is 5.98. The SMILES string of the molecule is Cc1cc(OCCN2CCC(C(=O)O)CC2)ccc1C(=O)C(C)C. The fourth-order valence-corrected chi connectivity index (χ4v) is 3.01. The van der Waals surface area contributed by atoms with Crippen molar-refractivity contribution in [1.29, 1.82) is 0 Å². The second kappa shape index (κ2) is 8.29. The topological polar surface area (TPSA) is 66.8 Å². The molecule has 1 saturated heterocycles. The minimum atomic E-state index is -0.683. The molecular formula is C19H27NO4. The van der Waals surface area contributed by atoms with Crippen molar-refractivity contribution in [1.82, 2.24) is 4.90 Å². The first-order chi connectivity index (χ1) is 11.4. The number of rotatable bonds is 7. The number of carboxylic acids is 1. The van der Waals surface area contributed by atoms with Gasteiger partial charge >= 0.3 is 5.97 Å². The third-order valence-electron chi connectivity index (χ3n) is 4.60. The molecule has 1 fully saturated rings. The molecule has 0 atom stereocenters. The Bertz CT molecular complexity index is 589. The molecule has 1 aliphatic rings. The molecule has 0 unspecified atom stereocenters. The summed E-state index contributed by atoms with van der Waals surface area (Å²) in [5.41, 5.74) is 1.70. The Morgan fingerprint density at radius 3 is 2.50 bits per heavy atom. The van der Waals surface area contributed by atoms with Crippen LogP contribution in [0.5, 0.6) is 5.75 Å².